The summed E-state index contributed by atoms with van der Waals surface area (Å²) in [6, 6.07) is 11.1. The van der Waals surface area contributed by atoms with Gasteiger partial charge >= 0.3 is 0 Å². The van der Waals surface area contributed by atoms with Crippen molar-refractivity contribution in [1.29, 1.82) is 0 Å². The van der Waals surface area contributed by atoms with E-state index in [4.69, 9.17) is 14.2 Å². The third kappa shape index (κ3) is 5.94. The van der Waals surface area contributed by atoms with Crippen LogP contribution in [0.15, 0.2) is 52.5 Å². The van der Waals surface area contributed by atoms with Gasteiger partial charge in [0.2, 0.25) is 10.0 Å². The van der Waals surface area contributed by atoms with E-state index < -0.39 is 22.5 Å². The van der Waals surface area contributed by atoms with Crippen molar-refractivity contribution in [2.24, 2.45) is 5.10 Å². The highest BCUT2D eigenvalue weighted by Gasteiger charge is 2.22. The quantitative estimate of drug-likeness (QED) is 0.451. The molecule has 2 rings (SSSR count). The summed E-state index contributed by atoms with van der Waals surface area (Å²) < 4.78 is 41.8. The molecule has 10 heteroatoms. The van der Waals surface area contributed by atoms with Gasteiger partial charge in [0, 0.05) is 7.05 Å². The highest BCUT2D eigenvalue weighted by Crippen LogP contribution is 2.27. The molecule has 162 valence electrons. The molecule has 0 aliphatic rings. The first-order chi connectivity index (χ1) is 14.3. The van der Waals surface area contributed by atoms with Crippen molar-refractivity contribution in [2.45, 2.75) is 11.8 Å². The monoisotopic (exact) mass is 435 g/mol. The molecule has 1 N–H and O–H groups in total. The molecule has 0 aliphatic heterocycles. The second-order valence-corrected chi connectivity index (χ2v) is 8.12. The Labute approximate surface area is 176 Å². The summed E-state index contributed by atoms with van der Waals surface area (Å²) in [5.74, 6) is 1.10. The van der Waals surface area contributed by atoms with E-state index in [1.54, 1.807) is 18.2 Å². The van der Waals surface area contributed by atoms with Gasteiger partial charge in [0.15, 0.2) is 11.5 Å². The number of rotatable bonds is 10. The Morgan fingerprint density at radius 1 is 1.10 bits per heavy atom. The zero-order valence-electron chi connectivity index (χ0n) is 17.3. The van der Waals surface area contributed by atoms with Gasteiger partial charge in [-0.1, -0.05) is 0 Å². The fourth-order valence-electron chi connectivity index (χ4n) is 2.47. The van der Waals surface area contributed by atoms with E-state index in [1.807, 2.05) is 6.92 Å². The van der Waals surface area contributed by atoms with Crippen molar-refractivity contribution in [3.05, 3.63) is 48.0 Å². The van der Waals surface area contributed by atoms with E-state index in [9.17, 15) is 13.2 Å². The van der Waals surface area contributed by atoms with E-state index in [1.165, 1.54) is 51.7 Å². The number of methoxy groups -OCH3 is 2. The van der Waals surface area contributed by atoms with Crippen molar-refractivity contribution < 1.29 is 27.4 Å². The summed E-state index contributed by atoms with van der Waals surface area (Å²) >= 11 is 0. The number of hydrazone groups is 1. The maximum Gasteiger partial charge on any atom is 0.255 e. The zero-order valence-corrected chi connectivity index (χ0v) is 18.1. The van der Waals surface area contributed by atoms with Crippen molar-refractivity contribution in [1.82, 2.24) is 9.73 Å². The first-order valence-electron chi connectivity index (χ1n) is 9.05. The molecule has 0 aliphatic carbocycles. The Morgan fingerprint density at radius 2 is 1.80 bits per heavy atom. The average molecular weight is 436 g/mol. The second-order valence-electron chi connectivity index (χ2n) is 6.07. The molecule has 9 nitrogen and oxygen atoms in total. The maximum absolute atomic E-state index is 12.6. The topological polar surface area (TPSA) is 107 Å². The Kier molecular flexibility index (Phi) is 8.19. The molecule has 0 spiro atoms. The van der Waals surface area contributed by atoms with Gasteiger partial charge in [-0.25, -0.2) is 13.8 Å². The van der Waals surface area contributed by atoms with Crippen LogP contribution in [0.25, 0.3) is 0 Å². The van der Waals surface area contributed by atoms with Crippen molar-refractivity contribution >= 4 is 22.1 Å². The molecule has 0 radical (unpaired) electrons. The summed E-state index contributed by atoms with van der Waals surface area (Å²) in [5, 5.41) is 3.86. The number of nitrogens with zero attached hydrogens (tertiary/aromatic N) is 2. The largest absolute Gasteiger partial charge is 0.497 e. The molecule has 0 fully saturated rings. The number of benzene rings is 2. The number of carbonyl (C=O) groups is 1. The molecule has 2 aromatic carbocycles. The smallest absolute Gasteiger partial charge is 0.255 e. The summed E-state index contributed by atoms with van der Waals surface area (Å²) in [4.78, 5) is 12.1. The van der Waals surface area contributed by atoms with E-state index in [-0.39, 0.29) is 4.90 Å². The lowest BCUT2D eigenvalue weighted by atomic mass is 10.2. The molecule has 0 heterocycles. The van der Waals surface area contributed by atoms with E-state index >= 15 is 0 Å². The second kappa shape index (κ2) is 10.6. The lowest BCUT2D eigenvalue weighted by Gasteiger charge is -2.16. The number of carbonyl (C=O) groups excluding carboxylic acids is 1. The van der Waals surface area contributed by atoms with Gasteiger partial charge in [0.1, 0.15) is 5.75 Å². The van der Waals surface area contributed by atoms with E-state index in [2.05, 4.69) is 10.5 Å². The number of nitrogens with one attached hydrogen (secondary N) is 1. The number of sulfonamides is 1. The van der Waals surface area contributed by atoms with Crippen molar-refractivity contribution in [3.8, 4) is 17.2 Å². The van der Waals surface area contributed by atoms with Gasteiger partial charge in [0.05, 0.1) is 38.5 Å². The van der Waals surface area contributed by atoms with Gasteiger partial charge < -0.3 is 14.2 Å². The molecular weight excluding hydrogens is 410 g/mol. The van der Waals surface area contributed by atoms with Crippen LogP contribution in [0.5, 0.6) is 17.2 Å². The molecule has 1 amide bonds. The van der Waals surface area contributed by atoms with E-state index in [0.29, 0.717) is 29.4 Å². The maximum atomic E-state index is 12.6. The fraction of sp³-hybridized carbons (Fsp3) is 0.300. The number of amides is 1. The highest BCUT2D eigenvalue weighted by atomic mass is 32.2. The Bertz CT molecular complexity index is 990. The molecule has 0 aromatic heterocycles. The number of ether oxygens (including phenoxy) is 3. The van der Waals surface area contributed by atoms with Gasteiger partial charge in [-0.2, -0.15) is 9.41 Å². The lowest BCUT2D eigenvalue weighted by Crippen LogP contribution is -2.36. The van der Waals surface area contributed by atoms with Crippen LogP contribution in [-0.4, -0.2) is 59.3 Å². The Morgan fingerprint density at radius 3 is 2.40 bits per heavy atom. The van der Waals surface area contributed by atoms with Crippen LogP contribution in [0.1, 0.15) is 12.5 Å². The number of hydrogen-bond acceptors (Lipinski definition) is 7. The van der Waals surface area contributed by atoms with Crippen LogP contribution in [0.4, 0.5) is 0 Å². The van der Waals surface area contributed by atoms with Gasteiger partial charge in [0.25, 0.3) is 5.91 Å². The summed E-state index contributed by atoms with van der Waals surface area (Å²) in [6.45, 7) is 1.99. The minimum absolute atomic E-state index is 0.0589. The molecule has 30 heavy (non-hydrogen) atoms. The molecule has 2 aromatic rings. The zero-order chi connectivity index (χ0) is 22.1. The van der Waals surface area contributed by atoms with Crippen LogP contribution in [-0.2, 0) is 14.8 Å². The van der Waals surface area contributed by atoms with Crippen LogP contribution in [0.2, 0.25) is 0 Å². The highest BCUT2D eigenvalue weighted by molar-refractivity contribution is 7.89. The predicted octanol–water partition coefficient (Wildman–Crippen LogP) is 1.87. The van der Waals surface area contributed by atoms with Gasteiger partial charge in [-0.15, -0.1) is 0 Å². The lowest BCUT2D eigenvalue weighted by molar-refractivity contribution is -0.121. The van der Waals surface area contributed by atoms with Crippen LogP contribution in [0, 0.1) is 0 Å². The third-order valence-electron chi connectivity index (χ3n) is 4.02. The molecule has 0 bridgehead atoms. The summed E-state index contributed by atoms with van der Waals surface area (Å²) in [5.41, 5.74) is 2.99. The normalized spacial score (nSPS) is 11.5. The van der Waals surface area contributed by atoms with Crippen LogP contribution < -0.4 is 19.6 Å². The standard InChI is InChI=1S/C20H25N3O6S/c1-5-29-18-11-6-15(12-19(18)28-4)13-21-22-20(24)14-23(2)30(25,26)17-9-7-16(27-3)8-10-17/h6-13H,5,14H2,1-4H3,(H,22,24)/b21-13-. The Balaban J connectivity index is 1.97. The van der Waals surface area contributed by atoms with E-state index in [0.717, 1.165) is 4.31 Å². The SMILES string of the molecule is CCOc1ccc(/C=N\NC(=O)CN(C)S(=O)(=O)c2ccc(OC)cc2)cc1OC. The molecule has 0 saturated carbocycles. The number of likely N-dealkylation sites (N-methyl/N-ethyl adjacent to an activating group) is 1. The van der Waals surface area contributed by atoms with Gasteiger partial charge in [-0.05, 0) is 55.0 Å². The first kappa shape index (κ1) is 23.2. The molecule has 0 unspecified atom stereocenters. The summed E-state index contributed by atoms with van der Waals surface area (Å²) in [7, 11) is 0.516. The fourth-order valence-corrected chi connectivity index (χ4v) is 3.60. The van der Waals surface area contributed by atoms with Gasteiger partial charge in [-0.3, -0.25) is 4.79 Å². The molecule has 0 atom stereocenters. The van der Waals surface area contributed by atoms with Crippen LogP contribution in [0.3, 0.4) is 0 Å². The molecular formula is C20H25N3O6S. The predicted molar refractivity (Wildman–Crippen MR) is 113 cm³/mol. The summed E-state index contributed by atoms with van der Waals surface area (Å²) in [6.07, 6.45) is 1.42. The van der Waals surface area contributed by atoms with Crippen LogP contribution >= 0.6 is 0 Å². The minimum atomic E-state index is -3.82. The third-order valence-corrected chi connectivity index (χ3v) is 5.84. The minimum Gasteiger partial charge on any atom is -0.497 e. The first-order valence-corrected chi connectivity index (χ1v) is 10.5. The average Bonchev–Trinajstić information content (AvgIpc) is 2.74. The molecule has 0 saturated heterocycles. The number of hydrogen-bond donors (Lipinski definition) is 1. The Hall–Kier alpha value is -3.11. The van der Waals surface area contributed by atoms with Crippen molar-refractivity contribution in [3.63, 3.8) is 0 Å². The van der Waals surface area contributed by atoms with Crippen molar-refractivity contribution in [2.75, 3.05) is 34.4 Å².